The maximum atomic E-state index is 5.51. The number of hydrogen-bond acceptors (Lipinski definition) is 4. The fourth-order valence-corrected chi connectivity index (χ4v) is 3.97. The Morgan fingerprint density at radius 1 is 1.12 bits per heavy atom. The lowest BCUT2D eigenvalue weighted by molar-refractivity contribution is 0.00867. The molecule has 6 nitrogen and oxygen atoms in total. The predicted octanol–water partition coefficient (Wildman–Crippen LogP) is 1.77. The van der Waals surface area contributed by atoms with Crippen molar-refractivity contribution in [2.24, 2.45) is 10.9 Å². The van der Waals surface area contributed by atoms with Crippen molar-refractivity contribution >= 4 is 5.96 Å². The average molecular weight is 368 g/mol. The average Bonchev–Trinajstić information content (AvgIpc) is 2.64. The number of ether oxygens (including phenoxy) is 1. The SMILES string of the molecule is CCCN1CCC(NC(=NCC(C(C)C)N2CCOCC2)NCC)CC1. The van der Waals surface area contributed by atoms with Crippen molar-refractivity contribution in [2.75, 3.05) is 59.0 Å². The van der Waals surface area contributed by atoms with Crippen LogP contribution in [0.25, 0.3) is 0 Å². The molecule has 1 unspecified atom stereocenters. The number of morpholine rings is 1. The Bertz CT molecular complexity index is 401. The van der Waals surface area contributed by atoms with Crippen molar-refractivity contribution in [3.8, 4) is 0 Å². The molecule has 2 fully saturated rings. The smallest absolute Gasteiger partial charge is 0.191 e. The Morgan fingerprint density at radius 2 is 1.81 bits per heavy atom. The van der Waals surface area contributed by atoms with Gasteiger partial charge in [0.25, 0.3) is 0 Å². The summed E-state index contributed by atoms with van der Waals surface area (Å²) >= 11 is 0. The number of hydrogen-bond donors (Lipinski definition) is 2. The van der Waals surface area contributed by atoms with E-state index in [0.29, 0.717) is 18.0 Å². The van der Waals surface area contributed by atoms with E-state index < -0.39 is 0 Å². The highest BCUT2D eigenvalue weighted by molar-refractivity contribution is 5.80. The van der Waals surface area contributed by atoms with Gasteiger partial charge in [-0.05, 0) is 38.6 Å². The number of aliphatic imine (C=N–C) groups is 1. The van der Waals surface area contributed by atoms with Gasteiger partial charge in [0.05, 0.1) is 19.8 Å². The van der Waals surface area contributed by atoms with Crippen LogP contribution in [0, 0.1) is 5.92 Å². The molecule has 2 N–H and O–H groups in total. The molecule has 2 saturated heterocycles. The Hall–Kier alpha value is -0.850. The summed E-state index contributed by atoms with van der Waals surface area (Å²) in [6, 6.07) is 1.03. The molecule has 2 rings (SSSR count). The van der Waals surface area contributed by atoms with Crippen LogP contribution in [0.2, 0.25) is 0 Å². The minimum absolute atomic E-state index is 0.487. The summed E-state index contributed by atoms with van der Waals surface area (Å²) in [7, 11) is 0. The molecule has 0 aromatic rings. The minimum atomic E-state index is 0.487. The van der Waals surface area contributed by atoms with Crippen molar-refractivity contribution in [1.82, 2.24) is 20.4 Å². The van der Waals surface area contributed by atoms with Gasteiger partial charge in [-0.3, -0.25) is 9.89 Å². The number of nitrogens with zero attached hydrogens (tertiary/aromatic N) is 3. The summed E-state index contributed by atoms with van der Waals surface area (Å²) in [5.41, 5.74) is 0. The van der Waals surface area contributed by atoms with Crippen molar-refractivity contribution in [3.63, 3.8) is 0 Å². The number of rotatable bonds is 8. The quantitative estimate of drug-likeness (QED) is 0.506. The van der Waals surface area contributed by atoms with E-state index in [-0.39, 0.29) is 0 Å². The fourth-order valence-electron chi connectivity index (χ4n) is 3.97. The molecule has 2 heterocycles. The molecule has 0 aliphatic carbocycles. The largest absolute Gasteiger partial charge is 0.379 e. The molecule has 2 aliphatic heterocycles. The van der Waals surface area contributed by atoms with Crippen molar-refractivity contribution in [3.05, 3.63) is 0 Å². The normalized spacial score (nSPS) is 22.6. The maximum Gasteiger partial charge on any atom is 0.191 e. The summed E-state index contributed by atoms with van der Waals surface area (Å²) in [6.45, 7) is 18.2. The zero-order chi connectivity index (χ0) is 18.8. The van der Waals surface area contributed by atoms with E-state index in [4.69, 9.17) is 9.73 Å². The van der Waals surface area contributed by atoms with Gasteiger partial charge in [-0.25, -0.2) is 0 Å². The lowest BCUT2D eigenvalue weighted by Gasteiger charge is -2.36. The molecule has 2 aliphatic rings. The van der Waals surface area contributed by atoms with Crippen LogP contribution >= 0.6 is 0 Å². The first kappa shape index (κ1) is 21.5. The summed E-state index contributed by atoms with van der Waals surface area (Å²) in [4.78, 5) is 10.1. The summed E-state index contributed by atoms with van der Waals surface area (Å²) in [5, 5.41) is 7.13. The van der Waals surface area contributed by atoms with Gasteiger partial charge in [0.15, 0.2) is 5.96 Å². The number of guanidine groups is 1. The second-order valence-electron chi connectivity index (χ2n) is 7.94. The zero-order valence-corrected chi connectivity index (χ0v) is 17.5. The number of nitrogens with one attached hydrogen (secondary N) is 2. The Morgan fingerprint density at radius 3 is 2.38 bits per heavy atom. The minimum Gasteiger partial charge on any atom is -0.379 e. The highest BCUT2D eigenvalue weighted by Gasteiger charge is 2.24. The third kappa shape index (κ3) is 7.05. The van der Waals surface area contributed by atoms with E-state index in [0.717, 1.165) is 45.4 Å². The monoisotopic (exact) mass is 367 g/mol. The van der Waals surface area contributed by atoms with E-state index in [2.05, 4.69) is 48.1 Å². The third-order valence-corrected chi connectivity index (χ3v) is 5.53. The van der Waals surface area contributed by atoms with Crippen LogP contribution in [0.5, 0.6) is 0 Å². The van der Waals surface area contributed by atoms with Crippen LogP contribution in [0.4, 0.5) is 0 Å². The van der Waals surface area contributed by atoms with Crippen LogP contribution in [0.3, 0.4) is 0 Å². The second kappa shape index (κ2) is 11.8. The second-order valence-corrected chi connectivity index (χ2v) is 7.94. The molecule has 0 saturated carbocycles. The lowest BCUT2D eigenvalue weighted by Crippen LogP contribution is -2.50. The van der Waals surface area contributed by atoms with Gasteiger partial charge in [0, 0.05) is 44.8 Å². The highest BCUT2D eigenvalue weighted by Crippen LogP contribution is 2.14. The van der Waals surface area contributed by atoms with Gasteiger partial charge in [0.2, 0.25) is 0 Å². The highest BCUT2D eigenvalue weighted by atomic mass is 16.5. The van der Waals surface area contributed by atoms with Gasteiger partial charge in [0.1, 0.15) is 0 Å². The van der Waals surface area contributed by atoms with Gasteiger partial charge < -0.3 is 20.3 Å². The van der Waals surface area contributed by atoms with Crippen molar-refractivity contribution in [1.29, 1.82) is 0 Å². The zero-order valence-electron chi connectivity index (χ0n) is 17.5. The molecule has 0 bridgehead atoms. The number of likely N-dealkylation sites (tertiary alicyclic amines) is 1. The first-order chi connectivity index (χ1) is 12.6. The fraction of sp³-hybridized carbons (Fsp3) is 0.950. The van der Waals surface area contributed by atoms with Crippen LogP contribution in [-0.2, 0) is 4.74 Å². The molecule has 26 heavy (non-hydrogen) atoms. The molecule has 0 spiro atoms. The maximum absolute atomic E-state index is 5.51. The summed E-state index contributed by atoms with van der Waals surface area (Å²) in [6.07, 6.45) is 3.67. The molecule has 0 amide bonds. The molecule has 0 radical (unpaired) electrons. The van der Waals surface area contributed by atoms with Crippen LogP contribution in [0.1, 0.15) is 47.0 Å². The molecule has 152 valence electrons. The molecular formula is C20H41N5O. The van der Waals surface area contributed by atoms with Gasteiger partial charge in [-0.1, -0.05) is 20.8 Å². The molecule has 1 atom stereocenters. The number of piperidine rings is 1. The third-order valence-electron chi connectivity index (χ3n) is 5.53. The molecule has 6 heteroatoms. The molecular weight excluding hydrogens is 326 g/mol. The predicted molar refractivity (Wildman–Crippen MR) is 110 cm³/mol. The first-order valence-electron chi connectivity index (χ1n) is 10.7. The van der Waals surface area contributed by atoms with Crippen LogP contribution in [0.15, 0.2) is 4.99 Å². The standard InChI is InChI=1S/C20H41N5O/c1-5-9-24-10-7-18(8-11-24)23-20(21-6-2)22-16-19(17(3)4)25-12-14-26-15-13-25/h17-19H,5-16H2,1-4H3,(H2,21,22,23). The van der Waals surface area contributed by atoms with Crippen molar-refractivity contribution < 1.29 is 4.74 Å². The van der Waals surface area contributed by atoms with Crippen molar-refractivity contribution in [2.45, 2.75) is 59.0 Å². The van der Waals surface area contributed by atoms with E-state index >= 15 is 0 Å². The van der Waals surface area contributed by atoms with Gasteiger partial charge >= 0.3 is 0 Å². The Labute approximate surface area is 160 Å². The van der Waals surface area contributed by atoms with E-state index in [1.54, 1.807) is 0 Å². The summed E-state index contributed by atoms with van der Waals surface area (Å²) < 4.78 is 5.51. The van der Waals surface area contributed by atoms with Gasteiger partial charge in [-0.15, -0.1) is 0 Å². The van der Waals surface area contributed by atoms with Crippen LogP contribution < -0.4 is 10.6 Å². The van der Waals surface area contributed by atoms with Gasteiger partial charge in [-0.2, -0.15) is 0 Å². The first-order valence-corrected chi connectivity index (χ1v) is 10.7. The van der Waals surface area contributed by atoms with E-state index in [1.807, 2.05) is 0 Å². The van der Waals surface area contributed by atoms with Crippen LogP contribution in [-0.4, -0.2) is 86.9 Å². The summed E-state index contributed by atoms with van der Waals surface area (Å²) in [5.74, 6) is 1.58. The van der Waals surface area contributed by atoms with E-state index in [1.165, 1.54) is 38.9 Å². The Kier molecular flexibility index (Phi) is 9.72. The Balaban J connectivity index is 1.88. The molecule has 0 aromatic carbocycles. The lowest BCUT2D eigenvalue weighted by atomic mass is 10.0. The molecule has 0 aromatic heterocycles. The topological polar surface area (TPSA) is 52.1 Å². The van der Waals surface area contributed by atoms with E-state index in [9.17, 15) is 0 Å².